The van der Waals surface area contributed by atoms with E-state index in [0.29, 0.717) is 19.3 Å². The third kappa shape index (κ3) is 35.0. The SMILES string of the molecule is CCCCCCCC/C=C\CCCCCC(=O)OCC(COP(=O)(O)OC1C(OC2OC(CO)C(O)C(O)C2O)C(O)C(O)C(O)C1OC1OC(COC(=O)CCCCC/C=C\CCCCCCCCC)C(O)C(O)C1O)OC(=O)CCCCCCCCCCCCCC. The summed E-state index contributed by atoms with van der Waals surface area (Å²) in [6.07, 6.45) is 9.88. The fourth-order valence-corrected chi connectivity index (χ4v) is 12.7. The number of rotatable bonds is 55. The smallest absolute Gasteiger partial charge is 0.463 e. The molecule has 0 bridgehead atoms. The molecule has 11 N–H and O–H groups in total. The molecule has 0 radical (unpaired) electrons. The summed E-state index contributed by atoms with van der Waals surface area (Å²) in [6.45, 7) is 3.38. The number of hydrogen-bond donors (Lipinski definition) is 11. The Morgan fingerprint density at radius 1 is 0.404 bits per heavy atom. The number of carbonyl (C=O) groups excluding carboxylic acids is 3. The summed E-state index contributed by atoms with van der Waals surface area (Å²) in [7, 11) is -5.69. The van der Waals surface area contributed by atoms with Crippen LogP contribution in [0.2, 0.25) is 0 Å². The summed E-state index contributed by atoms with van der Waals surface area (Å²) >= 11 is 0. The molecule has 0 aromatic rings. The Labute approximate surface area is 560 Å². The Hall–Kier alpha value is -2.56. The lowest BCUT2D eigenvalue weighted by atomic mass is 9.84. The van der Waals surface area contributed by atoms with Crippen LogP contribution in [-0.2, 0) is 61.2 Å². The summed E-state index contributed by atoms with van der Waals surface area (Å²) in [5.74, 6) is -2.02. The molecule has 0 aromatic carbocycles. The van der Waals surface area contributed by atoms with E-state index < -0.39 is 156 Å². The zero-order valence-corrected chi connectivity index (χ0v) is 57.9. The average Bonchev–Trinajstić information content (AvgIpc) is 0.764. The van der Waals surface area contributed by atoms with Crippen LogP contribution in [0.5, 0.6) is 0 Å². The molecule has 3 aliphatic rings. The second-order valence-electron chi connectivity index (χ2n) is 25.9. The Balaban J connectivity index is 1.76. The van der Waals surface area contributed by atoms with E-state index in [2.05, 4.69) is 45.1 Å². The number of aliphatic hydroxyl groups is 10. The van der Waals surface area contributed by atoms with Gasteiger partial charge in [0.25, 0.3) is 0 Å². The lowest BCUT2D eigenvalue weighted by Crippen LogP contribution is -2.69. The van der Waals surface area contributed by atoms with E-state index in [1.165, 1.54) is 109 Å². The van der Waals surface area contributed by atoms with E-state index in [1.807, 2.05) is 0 Å². The Morgan fingerprint density at radius 2 is 0.745 bits per heavy atom. The monoisotopic (exact) mass is 1370 g/mol. The highest BCUT2D eigenvalue weighted by molar-refractivity contribution is 7.47. The van der Waals surface area contributed by atoms with Crippen LogP contribution < -0.4 is 0 Å². The lowest BCUT2D eigenvalue weighted by molar-refractivity contribution is -0.360. The minimum absolute atomic E-state index is 0.00788. The molecule has 2 aliphatic heterocycles. The van der Waals surface area contributed by atoms with Gasteiger partial charge in [0.15, 0.2) is 18.7 Å². The molecule has 2 saturated heterocycles. The number of allylic oxidation sites excluding steroid dienone is 4. The highest BCUT2D eigenvalue weighted by Gasteiger charge is 2.58. The van der Waals surface area contributed by atoms with Gasteiger partial charge in [-0.2, -0.15) is 0 Å². The number of aliphatic hydroxyl groups excluding tert-OH is 10. The molecule has 3 fully saturated rings. The fraction of sp³-hybridized carbons (Fsp3) is 0.899. The van der Waals surface area contributed by atoms with Gasteiger partial charge in [0.05, 0.1) is 13.2 Å². The molecule has 0 amide bonds. The van der Waals surface area contributed by atoms with E-state index in [4.69, 9.17) is 42.2 Å². The van der Waals surface area contributed by atoms with E-state index in [9.17, 15) is 74.9 Å². The summed E-state index contributed by atoms with van der Waals surface area (Å²) in [5, 5.41) is 110. The van der Waals surface area contributed by atoms with Gasteiger partial charge in [-0.15, -0.1) is 0 Å². The zero-order valence-electron chi connectivity index (χ0n) is 57.0. The van der Waals surface area contributed by atoms with Crippen LogP contribution in [0.3, 0.4) is 0 Å². The number of ether oxygens (including phenoxy) is 7. The van der Waals surface area contributed by atoms with Crippen molar-refractivity contribution in [2.45, 2.75) is 369 Å². The van der Waals surface area contributed by atoms with Crippen molar-refractivity contribution < 1.29 is 117 Å². The molecule has 550 valence electrons. The minimum atomic E-state index is -5.69. The maximum absolute atomic E-state index is 14.3. The Bertz CT molecular complexity index is 2050. The van der Waals surface area contributed by atoms with Crippen molar-refractivity contribution in [2.24, 2.45) is 0 Å². The van der Waals surface area contributed by atoms with E-state index >= 15 is 0 Å². The fourth-order valence-electron chi connectivity index (χ4n) is 11.7. The van der Waals surface area contributed by atoms with Crippen LogP contribution in [0.25, 0.3) is 0 Å². The Kier molecular flexibility index (Phi) is 47.0. The third-order valence-electron chi connectivity index (χ3n) is 17.7. The molecule has 24 nitrogen and oxygen atoms in total. The molecule has 1 aliphatic carbocycles. The molecule has 0 spiro atoms. The molecule has 18 unspecified atom stereocenters. The molecule has 1 saturated carbocycles. The zero-order chi connectivity index (χ0) is 68.9. The summed E-state index contributed by atoms with van der Waals surface area (Å²) < 4.78 is 64.8. The second kappa shape index (κ2) is 51.6. The van der Waals surface area contributed by atoms with Crippen molar-refractivity contribution in [1.29, 1.82) is 0 Å². The summed E-state index contributed by atoms with van der Waals surface area (Å²) in [5.41, 5.74) is 0. The number of phosphoric ester groups is 1. The molecule has 25 heteroatoms. The van der Waals surface area contributed by atoms with Gasteiger partial charge in [0, 0.05) is 19.3 Å². The molecular weight excluding hydrogens is 1240 g/mol. The van der Waals surface area contributed by atoms with Crippen LogP contribution in [0.4, 0.5) is 0 Å². The van der Waals surface area contributed by atoms with Gasteiger partial charge in [-0.05, 0) is 70.6 Å². The first-order valence-corrected chi connectivity index (χ1v) is 37.6. The first-order valence-electron chi connectivity index (χ1n) is 36.1. The number of unbranched alkanes of at least 4 members (excludes halogenated alkanes) is 30. The molecule has 18 atom stereocenters. The van der Waals surface area contributed by atoms with Crippen molar-refractivity contribution in [3.63, 3.8) is 0 Å². The highest BCUT2D eigenvalue weighted by Crippen LogP contribution is 2.49. The largest absolute Gasteiger partial charge is 0.472 e. The van der Waals surface area contributed by atoms with Crippen molar-refractivity contribution >= 4 is 25.7 Å². The predicted molar refractivity (Wildman–Crippen MR) is 351 cm³/mol. The maximum Gasteiger partial charge on any atom is 0.472 e. The van der Waals surface area contributed by atoms with Crippen LogP contribution in [-0.4, -0.2) is 204 Å². The van der Waals surface area contributed by atoms with Crippen LogP contribution in [0.1, 0.15) is 265 Å². The predicted octanol–water partition coefficient (Wildman–Crippen LogP) is 8.96. The number of phosphoric acid groups is 1. The Morgan fingerprint density at radius 3 is 1.16 bits per heavy atom. The van der Waals surface area contributed by atoms with Gasteiger partial charge in [-0.3, -0.25) is 23.4 Å². The molecular formula is C69H125O24P. The van der Waals surface area contributed by atoms with Gasteiger partial charge >= 0.3 is 25.7 Å². The van der Waals surface area contributed by atoms with Crippen LogP contribution in [0, 0.1) is 0 Å². The van der Waals surface area contributed by atoms with Crippen molar-refractivity contribution in [3.8, 4) is 0 Å². The molecule has 2 heterocycles. The number of carbonyl (C=O) groups is 3. The number of hydrogen-bond acceptors (Lipinski definition) is 23. The molecule has 0 aromatic heterocycles. The van der Waals surface area contributed by atoms with E-state index in [1.54, 1.807) is 0 Å². The van der Waals surface area contributed by atoms with E-state index in [-0.39, 0.29) is 19.3 Å². The van der Waals surface area contributed by atoms with E-state index in [0.717, 1.165) is 96.3 Å². The normalized spacial score (nSPS) is 28.4. The minimum Gasteiger partial charge on any atom is -0.463 e. The van der Waals surface area contributed by atoms with Gasteiger partial charge < -0.3 is 89.1 Å². The first-order chi connectivity index (χ1) is 45.3. The van der Waals surface area contributed by atoms with Crippen molar-refractivity contribution in [2.75, 3.05) is 26.4 Å². The topological polar surface area (TPSA) is 374 Å². The standard InChI is InChI=1S/C69H125O24P/c1-4-7-10-13-16-19-22-25-27-30-32-35-38-41-44-54(72)86-49-52-57(75)59(77)64(82)69(90-52)92-66-62(80)60(78)61(79)65(91-68-63(81)58(76)56(74)51(46-70)89-68)67(66)93-94(83,84)87-48-50(88-55(73)45-42-39-36-33-28-24-21-18-15-12-9-6-3)47-85-53(71)43-40-37-34-31-29-26-23-20-17-14-11-8-5-2/h26-27,29-30,50-52,56-70,74-82H,4-25,28,31-49H2,1-3H3,(H,83,84)/b29-26-,30-27-. The lowest BCUT2D eigenvalue weighted by Gasteiger charge is -2.49. The summed E-state index contributed by atoms with van der Waals surface area (Å²) in [6, 6.07) is 0. The van der Waals surface area contributed by atoms with Gasteiger partial charge in [-0.1, -0.05) is 199 Å². The average molecular weight is 1370 g/mol. The first kappa shape index (κ1) is 85.7. The second-order valence-corrected chi connectivity index (χ2v) is 27.4. The van der Waals surface area contributed by atoms with Gasteiger partial charge in [0.1, 0.15) is 98.7 Å². The van der Waals surface area contributed by atoms with Gasteiger partial charge in [0.2, 0.25) is 0 Å². The number of esters is 3. The quantitative estimate of drug-likeness (QED) is 0.00889. The highest BCUT2D eigenvalue weighted by atomic mass is 31.2. The van der Waals surface area contributed by atoms with Crippen LogP contribution in [0.15, 0.2) is 24.3 Å². The van der Waals surface area contributed by atoms with Crippen molar-refractivity contribution in [1.82, 2.24) is 0 Å². The third-order valence-corrected chi connectivity index (χ3v) is 18.7. The molecule has 94 heavy (non-hydrogen) atoms. The van der Waals surface area contributed by atoms with Gasteiger partial charge in [-0.25, -0.2) is 4.57 Å². The molecule has 3 rings (SSSR count). The van der Waals surface area contributed by atoms with Crippen LogP contribution >= 0.6 is 7.82 Å². The summed E-state index contributed by atoms with van der Waals surface area (Å²) in [4.78, 5) is 50.8. The maximum atomic E-state index is 14.3. The van der Waals surface area contributed by atoms with Crippen molar-refractivity contribution in [3.05, 3.63) is 24.3 Å².